The molecule has 1 saturated heterocycles. The van der Waals surface area contributed by atoms with Crippen LogP contribution in [0.1, 0.15) is 32.3 Å². The van der Waals surface area contributed by atoms with Gasteiger partial charge in [-0.05, 0) is 85.5 Å². The monoisotopic (exact) mass is 598 g/mol. The third-order valence-corrected chi connectivity index (χ3v) is 9.72. The molecule has 2 N–H and O–H groups in total. The van der Waals surface area contributed by atoms with Gasteiger partial charge in [0.2, 0.25) is 11.9 Å². The zero-order valence-corrected chi connectivity index (χ0v) is 23.8. The lowest BCUT2D eigenvalue weighted by Crippen LogP contribution is -2.35. The number of nitrogens with zero attached hydrogens (tertiary/aromatic N) is 4. The van der Waals surface area contributed by atoms with E-state index in [1.54, 1.807) is 44.3 Å². The van der Waals surface area contributed by atoms with E-state index in [0.29, 0.717) is 34.9 Å². The fraction of sp³-hybridized carbons (Fsp3) is 0.370. The molecule has 0 radical (unpaired) electrons. The number of halogens is 1. The van der Waals surface area contributed by atoms with Gasteiger partial charge in [0.05, 0.1) is 26.7 Å². The lowest BCUT2D eigenvalue weighted by molar-refractivity contribution is -0.117. The molecule has 0 spiro atoms. The smallest absolute Gasteiger partial charge is 0.231 e. The van der Waals surface area contributed by atoms with Crippen molar-refractivity contribution in [3.05, 3.63) is 58.7 Å². The van der Waals surface area contributed by atoms with Crippen LogP contribution < -0.4 is 15.5 Å². The maximum absolute atomic E-state index is 12.9. The molecule has 0 bridgehead atoms. The number of nitrogens with one attached hydrogen (secondary N) is 2. The van der Waals surface area contributed by atoms with Gasteiger partial charge in [0.25, 0.3) is 0 Å². The Bertz CT molecular complexity index is 1460. The summed E-state index contributed by atoms with van der Waals surface area (Å²) in [5, 5.41) is 5.83. The molecule has 11 heteroatoms. The summed E-state index contributed by atoms with van der Waals surface area (Å²) in [5.74, 6) is 0.892. The molecule has 9 nitrogen and oxygen atoms in total. The Morgan fingerprint density at radius 3 is 2.58 bits per heavy atom. The Morgan fingerprint density at radius 2 is 1.82 bits per heavy atom. The summed E-state index contributed by atoms with van der Waals surface area (Å²) in [6.45, 7) is 7.07. The summed E-state index contributed by atoms with van der Waals surface area (Å²) in [6, 6.07) is 12.6. The van der Waals surface area contributed by atoms with Crippen molar-refractivity contribution in [3.8, 4) is 0 Å². The Morgan fingerprint density at radius 1 is 1.05 bits per heavy atom. The molecule has 1 aromatic heterocycles. The summed E-state index contributed by atoms with van der Waals surface area (Å²) < 4.78 is 26.3. The molecule has 3 heterocycles. The standard InChI is InChI=1S/C27H31BrN6O3S/c1-18(2)38(36,37)24-8-4-3-7-22(24)31-26-21(28)17-29-27(32-26)30-20-10-9-19-15-25(35)34(23(19)16-20)14-13-33-11-5-6-12-33/h3-4,7-10,16-18H,5-6,11-15H2,1-2H3,(H2,29,30,31,32). The summed E-state index contributed by atoms with van der Waals surface area (Å²) in [6.07, 6.45) is 4.47. The average Bonchev–Trinajstić information content (AvgIpc) is 3.52. The molecule has 0 atom stereocenters. The van der Waals surface area contributed by atoms with Gasteiger partial charge in [-0.15, -0.1) is 0 Å². The molecule has 2 aromatic carbocycles. The first-order valence-electron chi connectivity index (χ1n) is 12.8. The SMILES string of the molecule is CC(C)S(=O)(=O)c1ccccc1Nc1nc(Nc2ccc3c(c2)N(CCN2CCCC2)C(=O)C3)ncc1Br. The summed E-state index contributed by atoms with van der Waals surface area (Å²) in [5.41, 5.74) is 3.14. The van der Waals surface area contributed by atoms with Gasteiger partial charge in [-0.25, -0.2) is 13.4 Å². The molecule has 0 saturated carbocycles. The number of hydrogen-bond acceptors (Lipinski definition) is 8. The number of amides is 1. The number of likely N-dealkylation sites (tertiary alicyclic amines) is 1. The first-order chi connectivity index (χ1) is 18.2. The minimum absolute atomic E-state index is 0.123. The molecule has 3 aromatic rings. The molecule has 2 aliphatic rings. The van der Waals surface area contributed by atoms with E-state index < -0.39 is 15.1 Å². The van der Waals surface area contributed by atoms with Gasteiger partial charge in [-0.3, -0.25) is 4.79 Å². The highest BCUT2D eigenvalue weighted by Gasteiger charge is 2.28. The number of fused-ring (bicyclic) bond motifs is 1. The Hall–Kier alpha value is -3.02. The molecule has 200 valence electrons. The molecule has 5 rings (SSSR count). The second-order valence-electron chi connectivity index (χ2n) is 9.84. The lowest BCUT2D eigenvalue weighted by atomic mass is 10.1. The summed E-state index contributed by atoms with van der Waals surface area (Å²) in [7, 11) is -3.50. The molecular formula is C27H31BrN6O3S. The molecule has 38 heavy (non-hydrogen) atoms. The van der Waals surface area contributed by atoms with Gasteiger partial charge in [0, 0.05) is 30.7 Å². The highest BCUT2D eigenvalue weighted by atomic mass is 79.9. The van der Waals surface area contributed by atoms with Crippen LogP contribution in [0, 0.1) is 0 Å². The number of anilines is 5. The number of para-hydroxylation sites is 1. The van der Waals surface area contributed by atoms with Crippen molar-refractivity contribution in [1.29, 1.82) is 0 Å². The number of sulfone groups is 1. The van der Waals surface area contributed by atoms with Gasteiger partial charge in [0.1, 0.15) is 5.82 Å². The van der Waals surface area contributed by atoms with E-state index in [1.165, 1.54) is 12.8 Å². The van der Waals surface area contributed by atoms with E-state index in [9.17, 15) is 13.2 Å². The zero-order chi connectivity index (χ0) is 26.9. The Balaban J connectivity index is 1.36. The van der Waals surface area contributed by atoms with Crippen molar-refractivity contribution in [2.24, 2.45) is 0 Å². The lowest BCUT2D eigenvalue weighted by Gasteiger charge is -2.22. The second-order valence-corrected chi connectivity index (χ2v) is 13.2. The quantitative estimate of drug-likeness (QED) is 0.358. The van der Waals surface area contributed by atoms with Gasteiger partial charge in [-0.1, -0.05) is 18.2 Å². The van der Waals surface area contributed by atoms with E-state index in [1.807, 2.05) is 23.1 Å². The zero-order valence-electron chi connectivity index (χ0n) is 21.4. The number of rotatable bonds is 9. The fourth-order valence-corrected chi connectivity index (χ4v) is 6.26. The Labute approximate surface area is 231 Å². The summed E-state index contributed by atoms with van der Waals surface area (Å²) in [4.78, 5) is 26.2. The average molecular weight is 600 g/mol. The first kappa shape index (κ1) is 26.6. The van der Waals surface area contributed by atoms with E-state index in [4.69, 9.17) is 0 Å². The van der Waals surface area contributed by atoms with Gasteiger partial charge in [0.15, 0.2) is 9.84 Å². The molecule has 1 amide bonds. The summed E-state index contributed by atoms with van der Waals surface area (Å²) >= 11 is 3.46. The van der Waals surface area contributed by atoms with Crippen LogP contribution in [0.25, 0.3) is 0 Å². The van der Waals surface area contributed by atoms with Crippen molar-refractivity contribution in [2.45, 2.75) is 43.3 Å². The van der Waals surface area contributed by atoms with Crippen LogP contribution in [0.4, 0.5) is 28.8 Å². The minimum atomic E-state index is -3.50. The molecule has 0 aliphatic carbocycles. The van der Waals surface area contributed by atoms with Crippen LogP contribution in [0.5, 0.6) is 0 Å². The molecular weight excluding hydrogens is 568 g/mol. The van der Waals surface area contributed by atoms with E-state index in [2.05, 4.69) is 41.4 Å². The number of aromatic nitrogens is 2. The van der Waals surface area contributed by atoms with Gasteiger partial charge >= 0.3 is 0 Å². The van der Waals surface area contributed by atoms with Crippen LogP contribution in [0.15, 0.2) is 58.0 Å². The maximum Gasteiger partial charge on any atom is 0.231 e. The van der Waals surface area contributed by atoms with Crippen molar-refractivity contribution in [2.75, 3.05) is 41.7 Å². The van der Waals surface area contributed by atoms with Crippen LogP contribution in [-0.2, 0) is 21.1 Å². The van der Waals surface area contributed by atoms with Crippen molar-refractivity contribution < 1.29 is 13.2 Å². The van der Waals surface area contributed by atoms with Crippen LogP contribution in [0.2, 0.25) is 0 Å². The number of benzene rings is 2. The van der Waals surface area contributed by atoms with Crippen molar-refractivity contribution in [3.63, 3.8) is 0 Å². The predicted octanol–water partition coefficient (Wildman–Crippen LogP) is 4.89. The Kier molecular flexibility index (Phi) is 7.69. The number of carbonyl (C=O) groups is 1. The molecule has 0 unspecified atom stereocenters. The predicted molar refractivity (Wildman–Crippen MR) is 153 cm³/mol. The highest BCUT2D eigenvalue weighted by Crippen LogP contribution is 2.34. The number of hydrogen-bond donors (Lipinski definition) is 2. The third-order valence-electron chi connectivity index (χ3n) is 6.92. The van der Waals surface area contributed by atoms with E-state index >= 15 is 0 Å². The topological polar surface area (TPSA) is 108 Å². The van der Waals surface area contributed by atoms with Gasteiger partial charge in [-0.2, -0.15) is 4.98 Å². The van der Waals surface area contributed by atoms with Crippen LogP contribution in [0.3, 0.4) is 0 Å². The third kappa shape index (κ3) is 5.55. The van der Waals surface area contributed by atoms with Gasteiger partial charge < -0.3 is 20.4 Å². The second kappa shape index (κ2) is 11.0. The molecule has 2 aliphatic heterocycles. The maximum atomic E-state index is 12.9. The number of carbonyl (C=O) groups excluding carboxylic acids is 1. The first-order valence-corrected chi connectivity index (χ1v) is 15.1. The van der Waals surface area contributed by atoms with E-state index in [-0.39, 0.29) is 10.8 Å². The largest absolute Gasteiger partial charge is 0.338 e. The van der Waals surface area contributed by atoms with Crippen LogP contribution >= 0.6 is 15.9 Å². The molecule has 1 fully saturated rings. The van der Waals surface area contributed by atoms with Crippen molar-refractivity contribution in [1.82, 2.24) is 14.9 Å². The fourth-order valence-electron chi connectivity index (χ4n) is 4.77. The van der Waals surface area contributed by atoms with Crippen LogP contribution in [-0.4, -0.2) is 60.6 Å². The van der Waals surface area contributed by atoms with E-state index in [0.717, 1.165) is 36.6 Å². The highest BCUT2D eigenvalue weighted by molar-refractivity contribution is 9.10. The minimum Gasteiger partial charge on any atom is -0.338 e. The van der Waals surface area contributed by atoms with Crippen molar-refractivity contribution >= 4 is 60.5 Å². The normalized spacial score (nSPS) is 15.8.